The average Bonchev–Trinajstić information content (AvgIpc) is 3.08. The molecule has 0 N–H and O–H groups in total. The van der Waals surface area contributed by atoms with E-state index in [1.165, 1.54) is 6.26 Å². The van der Waals surface area contributed by atoms with Crippen LogP contribution in [0.15, 0.2) is 35.4 Å². The van der Waals surface area contributed by atoms with Crippen LogP contribution >= 0.6 is 11.6 Å². The molecular weight excluding hydrogens is 388 g/mol. The largest absolute Gasteiger partial charge is 0.454 e. The van der Waals surface area contributed by atoms with Gasteiger partial charge in [-0.05, 0) is 43.1 Å². The monoisotopic (exact) mass is 408 g/mol. The minimum Gasteiger partial charge on any atom is -0.454 e. The summed E-state index contributed by atoms with van der Waals surface area (Å²) in [5.74, 6) is 1.47. The number of halogens is 1. The molecule has 1 aromatic carbocycles. The molecule has 0 radical (unpaired) electrons. The molecule has 0 spiro atoms. The first-order valence-electron chi connectivity index (χ1n) is 8.87. The van der Waals surface area contributed by atoms with E-state index in [1.807, 2.05) is 6.07 Å². The summed E-state index contributed by atoms with van der Waals surface area (Å²) < 4.78 is 35.1. The second-order valence-electron chi connectivity index (χ2n) is 7.03. The van der Waals surface area contributed by atoms with Crippen molar-refractivity contribution >= 4 is 21.4 Å². The van der Waals surface area contributed by atoms with Gasteiger partial charge in [-0.1, -0.05) is 11.6 Å². The molecule has 1 aromatic heterocycles. The van der Waals surface area contributed by atoms with Crippen molar-refractivity contribution in [1.29, 1.82) is 0 Å². The van der Waals surface area contributed by atoms with Crippen LogP contribution in [0.5, 0.6) is 11.5 Å². The van der Waals surface area contributed by atoms with Gasteiger partial charge in [-0.2, -0.15) is 0 Å². The van der Waals surface area contributed by atoms with E-state index in [9.17, 15) is 8.42 Å². The summed E-state index contributed by atoms with van der Waals surface area (Å²) in [5.41, 5.74) is 1.65. The first-order valence-corrected chi connectivity index (χ1v) is 11.1. The number of likely N-dealkylation sites (tertiary alicyclic amines) is 1. The molecule has 8 heteroatoms. The van der Waals surface area contributed by atoms with Crippen LogP contribution in [-0.2, 0) is 16.4 Å². The molecule has 6 nitrogen and oxygen atoms in total. The number of benzene rings is 1. The van der Waals surface area contributed by atoms with Crippen LogP contribution in [0.3, 0.4) is 0 Å². The number of piperidine rings is 1. The highest BCUT2D eigenvalue weighted by molar-refractivity contribution is 7.90. The van der Waals surface area contributed by atoms with Gasteiger partial charge in [0.25, 0.3) is 0 Å². The summed E-state index contributed by atoms with van der Waals surface area (Å²) in [6, 6.07) is 7.04. The second-order valence-corrected chi connectivity index (χ2v) is 9.42. The highest BCUT2D eigenvalue weighted by Crippen LogP contribution is 2.38. The van der Waals surface area contributed by atoms with Crippen LogP contribution in [0, 0.1) is 0 Å². The van der Waals surface area contributed by atoms with Crippen molar-refractivity contribution in [1.82, 2.24) is 9.88 Å². The normalized spacial score (nSPS) is 20.0. The van der Waals surface area contributed by atoms with Crippen molar-refractivity contribution in [2.24, 2.45) is 0 Å². The Kier molecular flexibility index (Phi) is 5.01. The Morgan fingerprint density at radius 2 is 2.07 bits per heavy atom. The van der Waals surface area contributed by atoms with Gasteiger partial charge in [-0.15, -0.1) is 0 Å². The van der Waals surface area contributed by atoms with Crippen LogP contribution < -0.4 is 9.47 Å². The van der Waals surface area contributed by atoms with E-state index < -0.39 is 9.84 Å². The molecule has 144 valence electrons. The molecule has 1 atom stereocenters. The van der Waals surface area contributed by atoms with E-state index in [2.05, 4.69) is 9.88 Å². The van der Waals surface area contributed by atoms with Crippen molar-refractivity contribution in [2.45, 2.75) is 30.2 Å². The van der Waals surface area contributed by atoms with Crippen LogP contribution in [0.2, 0.25) is 5.02 Å². The number of hydrogen-bond acceptors (Lipinski definition) is 6. The molecular formula is C19H21ClN2O4S. The van der Waals surface area contributed by atoms with Crippen molar-refractivity contribution in [3.05, 3.63) is 46.7 Å². The van der Waals surface area contributed by atoms with Crippen molar-refractivity contribution in [3.8, 4) is 11.5 Å². The van der Waals surface area contributed by atoms with Gasteiger partial charge in [0.2, 0.25) is 6.79 Å². The number of aromatic nitrogens is 1. The molecule has 0 aliphatic carbocycles. The van der Waals surface area contributed by atoms with E-state index in [0.29, 0.717) is 33.7 Å². The molecule has 0 bridgehead atoms. The Morgan fingerprint density at radius 3 is 2.85 bits per heavy atom. The predicted molar refractivity (Wildman–Crippen MR) is 102 cm³/mol. The maximum atomic E-state index is 12.1. The summed E-state index contributed by atoms with van der Waals surface area (Å²) >= 11 is 6.41. The van der Waals surface area contributed by atoms with Gasteiger partial charge in [-0.25, -0.2) is 8.42 Å². The molecule has 2 aliphatic heterocycles. The Bertz CT molecular complexity index is 964. The fourth-order valence-corrected chi connectivity index (χ4v) is 4.91. The lowest BCUT2D eigenvalue weighted by molar-refractivity contribution is 0.173. The van der Waals surface area contributed by atoms with Gasteiger partial charge >= 0.3 is 0 Å². The zero-order valence-electron chi connectivity index (χ0n) is 15.0. The number of nitrogens with zero attached hydrogens (tertiary/aromatic N) is 2. The zero-order chi connectivity index (χ0) is 19.0. The lowest BCUT2D eigenvalue weighted by Gasteiger charge is -2.33. The van der Waals surface area contributed by atoms with Crippen LogP contribution in [0.1, 0.15) is 30.0 Å². The first kappa shape index (κ1) is 18.5. The Morgan fingerprint density at radius 1 is 1.30 bits per heavy atom. The smallest absolute Gasteiger partial charge is 0.231 e. The predicted octanol–water partition coefficient (Wildman–Crippen LogP) is 3.25. The van der Waals surface area contributed by atoms with E-state index in [-0.39, 0.29) is 12.7 Å². The zero-order valence-corrected chi connectivity index (χ0v) is 16.6. The quantitative estimate of drug-likeness (QED) is 0.773. The molecule has 1 unspecified atom stereocenters. The number of pyridine rings is 1. The van der Waals surface area contributed by atoms with Crippen molar-refractivity contribution in [2.75, 3.05) is 26.1 Å². The molecule has 0 saturated carbocycles. The fraction of sp³-hybridized carbons (Fsp3) is 0.421. The molecule has 1 fully saturated rings. The van der Waals surface area contributed by atoms with Crippen LogP contribution in [-0.4, -0.2) is 44.4 Å². The van der Waals surface area contributed by atoms with Gasteiger partial charge in [0.05, 0.1) is 10.6 Å². The van der Waals surface area contributed by atoms with Crippen molar-refractivity contribution < 1.29 is 17.9 Å². The molecule has 27 heavy (non-hydrogen) atoms. The van der Waals surface area contributed by atoms with Gasteiger partial charge in [0.15, 0.2) is 21.3 Å². The SMILES string of the molecule is CS(=O)(=O)c1cccnc1C1CCCN(Cc2cc3c(cc2Cl)OCO3)C1. The molecule has 1 saturated heterocycles. The maximum Gasteiger partial charge on any atom is 0.231 e. The Hall–Kier alpha value is -1.83. The van der Waals surface area contributed by atoms with E-state index >= 15 is 0 Å². The third kappa shape index (κ3) is 3.90. The van der Waals surface area contributed by atoms with Gasteiger partial charge in [0.1, 0.15) is 0 Å². The number of hydrogen-bond donors (Lipinski definition) is 0. The number of ether oxygens (including phenoxy) is 2. The van der Waals surface area contributed by atoms with E-state index in [1.54, 1.807) is 24.4 Å². The van der Waals surface area contributed by atoms with Gasteiger partial charge in [0, 0.05) is 42.5 Å². The first-order chi connectivity index (χ1) is 12.9. The second kappa shape index (κ2) is 7.30. The molecule has 3 heterocycles. The number of sulfone groups is 1. The minimum atomic E-state index is -3.31. The maximum absolute atomic E-state index is 12.1. The molecule has 2 aromatic rings. The Labute approximate surface area is 164 Å². The van der Waals surface area contributed by atoms with E-state index in [0.717, 1.165) is 31.5 Å². The standard InChI is InChI=1S/C19H21ClN2O4S/c1-27(23,24)18-5-2-6-21-19(18)13-4-3-7-22(10-13)11-14-8-16-17(9-15(14)20)26-12-25-16/h2,5-6,8-9,13H,3-4,7,10-12H2,1H3. The summed E-state index contributed by atoms with van der Waals surface area (Å²) in [5, 5.41) is 0.649. The highest BCUT2D eigenvalue weighted by atomic mass is 35.5. The Balaban J connectivity index is 1.55. The van der Waals surface area contributed by atoms with Gasteiger partial charge < -0.3 is 9.47 Å². The van der Waals surface area contributed by atoms with Crippen LogP contribution in [0.25, 0.3) is 0 Å². The molecule has 4 rings (SSSR count). The summed E-state index contributed by atoms with van der Waals surface area (Å²) in [6.07, 6.45) is 4.80. The lowest BCUT2D eigenvalue weighted by Crippen LogP contribution is -2.34. The third-order valence-electron chi connectivity index (χ3n) is 5.03. The molecule has 2 aliphatic rings. The van der Waals surface area contributed by atoms with Gasteiger partial charge in [-0.3, -0.25) is 9.88 Å². The number of rotatable bonds is 4. The fourth-order valence-electron chi connectivity index (χ4n) is 3.77. The highest BCUT2D eigenvalue weighted by Gasteiger charge is 2.28. The van der Waals surface area contributed by atoms with Crippen molar-refractivity contribution in [3.63, 3.8) is 0 Å². The number of fused-ring (bicyclic) bond motifs is 1. The topological polar surface area (TPSA) is 68.7 Å². The average molecular weight is 409 g/mol. The third-order valence-corrected chi connectivity index (χ3v) is 6.52. The van der Waals surface area contributed by atoms with Crippen LogP contribution in [0.4, 0.5) is 0 Å². The summed E-state index contributed by atoms with van der Waals surface area (Å²) in [7, 11) is -3.31. The lowest BCUT2D eigenvalue weighted by atomic mass is 9.94. The van der Waals surface area contributed by atoms with E-state index in [4.69, 9.17) is 21.1 Å². The summed E-state index contributed by atoms with van der Waals surface area (Å²) in [4.78, 5) is 7.03. The minimum absolute atomic E-state index is 0.0810. The summed E-state index contributed by atoms with van der Waals surface area (Å²) in [6.45, 7) is 2.56. The molecule has 0 amide bonds.